The second kappa shape index (κ2) is 4.99. The van der Waals surface area contributed by atoms with Gasteiger partial charge in [-0.3, -0.25) is 4.79 Å². The van der Waals surface area contributed by atoms with Gasteiger partial charge < -0.3 is 10.4 Å². The molecule has 1 aromatic rings. The van der Waals surface area contributed by atoms with E-state index in [0.29, 0.717) is 23.4 Å². The summed E-state index contributed by atoms with van der Waals surface area (Å²) in [7, 11) is 0. The van der Waals surface area contributed by atoms with Crippen molar-refractivity contribution in [3.63, 3.8) is 0 Å². The number of amides is 1. The van der Waals surface area contributed by atoms with Crippen LogP contribution in [-0.2, 0) is 11.2 Å². The molecule has 5 nitrogen and oxygen atoms in total. The molecule has 2 atom stereocenters. The molecule has 5 rings (SSSR count). The van der Waals surface area contributed by atoms with E-state index in [9.17, 15) is 9.90 Å². The highest BCUT2D eigenvalue weighted by Gasteiger charge is 2.57. The van der Waals surface area contributed by atoms with Gasteiger partial charge in [0.15, 0.2) is 0 Å². The Morgan fingerprint density at radius 2 is 2.05 bits per heavy atom. The summed E-state index contributed by atoms with van der Waals surface area (Å²) in [5, 5.41) is 23.3. The highest BCUT2D eigenvalue weighted by Crippen LogP contribution is 2.62. The van der Waals surface area contributed by atoms with Crippen LogP contribution in [0.5, 0.6) is 0 Å². The molecule has 1 amide bonds. The predicted octanol–water partition coefficient (Wildman–Crippen LogP) is 2.76. The van der Waals surface area contributed by atoms with E-state index in [-0.39, 0.29) is 11.3 Å². The highest BCUT2D eigenvalue weighted by atomic mass is 32.1. The monoisotopic (exact) mass is 321 g/mol. The van der Waals surface area contributed by atoms with Gasteiger partial charge in [0.2, 0.25) is 11.0 Å². The molecular weight excluding hydrogens is 298 g/mol. The number of aryl methyl sites for hydroxylation is 1. The maximum Gasteiger partial charge on any atom is 0.226 e. The summed E-state index contributed by atoms with van der Waals surface area (Å²) < 4.78 is 0. The van der Waals surface area contributed by atoms with Gasteiger partial charge in [0.05, 0.1) is 5.60 Å². The van der Waals surface area contributed by atoms with Crippen LogP contribution in [0.2, 0.25) is 0 Å². The van der Waals surface area contributed by atoms with Crippen LogP contribution in [-0.4, -0.2) is 26.8 Å². The summed E-state index contributed by atoms with van der Waals surface area (Å²) in [4.78, 5) is 12.4. The maximum absolute atomic E-state index is 12.4. The maximum atomic E-state index is 12.4. The van der Waals surface area contributed by atoms with Gasteiger partial charge in [0, 0.05) is 6.42 Å². The molecule has 0 radical (unpaired) electrons. The molecule has 1 aromatic heterocycles. The van der Waals surface area contributed by atoms with Crippen LogP contribution in [0.3, 0.4) is 0 Å². The van der Waals surface area contributed by atoms with Crippen LogP contribution in [0.1, 0.15) is 56.9 Å². The Hall–Kier alpha value is -1.01. The number of carbonyl (C=O) groups excluding carboxylic acids is 1. The van der Waals surface area contributed by atoms with Gasteiger partial charge in [-0.2, -0.15) is 0 Å². The van der Waals surface area contributed by atoms with E-state index in [0.717, 1.165) is 43.5 Å². The van der Waals surface area contributed by atoms with Crippen molar-refractivity contribution in [2.24, 2.45) is 17.3 Å². The summed E-state index contributed by atoms with van der Waals surface area (Å²) >= 11 is 1.45. The Balaban J connectivity index is 1.45. The van der Waals surface area contributed by atoms with Crippen LogP contribution in [0, 0.1) is 17.3 Å². The third-order valence-electron chi connectivity index (χ3n) is 5.70. The highest BCUT2D eigenvalue weighted by molar-refractivity contribution is 7.15. The van der Waals surface area contributed by atoms with E-state index in [1.807, 2.05) is 6.92 Å². The van der Waals surface area contributed by atoms with Crippen molar-refractivity contribution in [1.82, 2.24) is 10.2 Å². The molecule has 0 aromatic carbocycles. The SMILES string of the molecule is CCc1nnc(NC(=O)CC23CC4CC(CC(O)(C4)C2)C3)s1. The van der Waals surface area contributed by atoms with Crippen molar-refractivity contribution >= 4 is 22.4 Å². The number of rotatable bonds is 4. The molecule has 4 bridgehead atoms. The zero-order chi connectivity index (χ0) is 15.4. The molecule has 0 aliphatic heterocycles. The smallest absolute Gasteiger partial charge is 0.226 e. The van der Waals surface area contributed by atoms with Crippen LogP contribution >= 0.6 is 11.3 Å². The first-order chi connectivity index (χ1) is 10.5. The number of aromatic nitrogens is 2. The lowest BCUT2D eigenvalue weighted by atomic mass is 9.47. The molecule has 0 spiro atoms. The van der Waals surface area contributed by atoms with Gasteiger partial charge in [0.25, 0.3) is 0 Å². The molecule has 6 heteroatoms. The normalized spacial score (nSPS) is 39.2. The number of aliphatic hydroxyl groups is 1. The molecule has 2 N–H and O–H groups in total. The van der Waals surface area contributed by atoms with E-state index < -0.39 is 5.60 Å². The Morgan fingerprint density at radius 1 is 1.32 bits per heavy atom. The topological polar surface area (TPSA) is 75.1 Å². The molecule has 22 heavy (non-hydrogen) atoms. The molecule has 4 aliphatic carbocycles. The minimum atomic E-state index is -0.498. The van der Waals surface area contributed by atoms with Crippen LogP contribution in [0.25, 0.3) is 0 Å². The average Bonchev–Trinajstić information content (AvgIpc) is 2.82. The zero-order valence-electron chi connectivity index (χ0n) is 13.0. The van der Waals surface area contributed by atoms with Gasteiger partial charge in [0.1, 0.15) is 5.01 Å². The lowest BCUT2D eigenvalue weighted by Crippen LogP contribution is -2.56. The number of nitrogens with zero attached hydrogens (tertiary/aromatic N) is 2. The molecule has 1 heterocycles. The number of hydrogen-bond acceptors (Lipinski definition) is 5. The summed E-state index contributed by atoms with van der Waals surface area (Å²) in [6.07, 6.45) is 7.52. The quantitative estimate of drug-likeness (QED) is 0.894. The van der Waals surface area contributed by atoms with E-state index in [1.54, 1.807) is 0 Å². The minimum absolute atomic E-state index is 0.0151. The number of anilines is 1. The largest absolute Gasteiger partial charge is 0.390 e. The second-order valence-corrected chi connectivity index (χ2v) is 8.83. The first-order valence-corrected chi connectivity index (χ1v) is 9.14. The lowest BCUT2D eigenvalue weighted by molar-refractivity contribution is -0.167. The Kier molecular flexibility index (Phi) is 3.31. The van der Waals surface area contributed by atoms with Gasteiger partial charge in [-0.05, 0) is 62.2 Å². The van der Waals surface area contributed by atoms with Crippen molar-refractivity contribution in [2.75, 3.05) is 5.32 Å². The zero-order valence-corrected chi connectivity index (χ0v) is 13.8. The predicted molar refractivity (Wildman–Crippen MR) is 84.6 cm³/mol. The van der Waals surface area contributed by atoms with Crippen molar-refractivity contribution in [3.05, 3.63) is 5.01 Å². The summed E-state index contributed by atoms with van der Waals surface area (Å²) in [5.74, 6) is 1.27. The summed E-state index contributed by atoms with van der Waals surface area (Å²) in [5.41, 5.74) is -0.482. The molecule has 120 valence electrons. The first kappa shape index (κ1) is 14.6. The fourth-order valence-corrected chi connectivity index (χ4v) is 6.26. The third kappa shape index (κ3) is 2.56. The molecule has 2 unspecified atom stereocenters. The summed E-state index contributed by atoms with van der Waals surface area (Å²) in [6, 6.07) is 0. The van der Waals surface area contributed by atoms with Gasteiger partial charge >= 0.3 is 0 Å². The summed E-state index contributed by atoms with van der Waals surface area (Å²) in [6.45, 7) is 2.03. The Labute approximate surface area is 134 Å². The average molecular weight is 321 g/mol. The fourth-order valence-electron chi connectivity index (χ4n) is 5.56. The van der Waals surface area contributed by atoms with Crippen molar-refractivity contribution in [3.8, 4) is 0 Å². The molecule has 0 saturated heterocycles. The first-order valence-electron chi connectivity index (χ1n) is 8.32. The van der Waals surface area contributed by atoms with E-state index in [4.69, 9.17) is 0 Å². The van der Waals surface area contributed by atoms with E-state index >= 15 is 0 Å². The van der Waals surface area contributed by atoms with Crippen molar-refractivity contribution in [1.29, 1.82) is 0 Å². The van der Waals surface area contributed by atoms with Crippen molar-refractivity contribution in [2.45, 2.75) is 63.9 Å². The molecule has 4 fully saturated rings. The molecular formula is C16H23N3O2S. The minimum Gasteiger partial charge on any atom is -0.390 e. The second-order valence-electron chi connectivity index (χ2n) is 7.76. The Bertz CT molecular complexity index is 586. The number of hydrogen-bond donors (Lipinski definition) is 2. The lowest BCUT2D eigenvalue weighted by Gasteiger charge is -2.60. The van der Waals surface area contributed by atoms with Crippen LogP contribution in [0.15, 0.2) is 0 Å². The fraction of sp³-hybridized carbons (Fsp3) is 0.812. The molecule has 4 saturated carbocycles. The van der Waals surface area contributed by atoms with E-state index in [1.165, 1.54) is 17.8 Å². The number of nitrogens with one attached hydrogen (secondary N) is 1. The molecule has 4 aliphatic rings. The third-order valence-corrected chi connectivity index (χ3v) is 6.69. The van der Waals surface area contributed by atoms with E-state index in [2.05, 4.69) is 15.5 Å². The van der Waals surface area contributed by atoms with Gasteiger partial charge in [-0.1, -0.05) is 18.3 Å². The van der Waals surface area contributed by atoms with Crippen LogP contribution < -0.4 is 5.32 Å². The van der Waals surface area contributed by atoms with Gasteiger partial charge in [-0.15, -0.1) is 10.2 Å². The Morgan fingerprint density at radius 3 is 2.64 bits per heavy atom. The van der Waals surface area contributed by atoms with Crippen LogP contribution in [0.4, 0.5) is 5.13 Å². The standard InChI is InChI=1S/C16H23N3O2S/c1-2-13-18-19-14(22-13)17-12(20)8-15-4-10-3-11(5-15)7-16(21,6-10)9-15/h10-11,21H,2-9H2,1H3,(H,17,19,20). The van der Waals surface area contributed by atoms with Gasteiger partial charge in [-0.25, -0.2) is 0 Å². The van der Waals surface area contributed by atoms with Crippen molar-refractivity contribution < 1.29 is 9.90 Å². The number of carbonyl (C=O) groups is 1.